The standard InChI is InChI=1S/C28H23FN8O/c1-28(2,3)27(38)33-18-8-16(10-30-11-18)21-9-19-22(14-32-21)36-37-25(19)26-34-23-13-31-12-20(24(23)35-26)15-5-4-6-17(29)7-15/h4-14H,1-3H3,(H,33,38)(H,34,35)(H,36,37). The zero-order valence-electron chi connectivity index (χ0n) is 20.9. The third-order valence-electron chi connectivity index (χ3n) is 6.17. The van der Waals surface area contributed by atoms with Gasteiger partial charge < -0.3 is 10.3 Å². The summed E-state index contributed by atoms with van der Waals surface area (Å²) >= 11 is 0. The molecule has 0 fully saturated rings. The number of H-pyrrole nitrogens is 2. The first-order chi connectivity index (χ1) is 18.3. The molecule has 0 aliphatic heterocycles. The Labute approximate surface area is 216 Å². The molecule has 0 aliphatic rings. The summed E-state index contributed by atoms with van der Waals surface area (Å²) in [5, 5.41) is 11.2. The van der Waals surface area contributed by atoms with Gasteiger partial charge in [-0.1, -0.05) is 32.9 Å². The van der Waals surface area contributed by atoms with Crippen molar-refractivity contribution >= 4 is 33.5 Å². The average Bonchev–Trinajstić information content (AvgIpc) is 3.52. The molecular weight excluding hydrogens is 483 g/mol. The lowest BCUT2D eigenvalue weighted by Gasteiger charge is -2.17. The van der Waals surface area contributed by atoms with Crippen LogP contribution in [0.25, 0.3) is 55.8 Å². The van der Waals surface area contributed by atoms with Crippen molar-refractivity contribution in [1.82, 2.24) is 35.1 Å². The highest BCUT2D eigenvalue weighted by Gasteiger charge is 2.22. The zero-order chi connectivity index (χ0) is 26.4. The summed E-state index contributed by atoms with van der Waals surface area (Å²) in [5.41, 5.74) is 5.58. The van der Waals surface area contributed by atoms with Gasteiger partial charge in [0.05, 0.1) is 46.5 Å². The Hall–Kier alpha value is -4.99. The number of nitrogens with one attached hydrogen (secondary N) is 3. The molecule has 0 atom stereocenters. The largest absolute Gasteiger partial charge is 0.335 e. The zero-order valence-corrected chi connectivity index (χ0v) is 20.9. The van der Waals surface area contributed by atoms with Crippen molar-refractivity contribution in [2.24, 2.45) is 5.41 Å². The second-order valence-corrected chi connectivity index (χ2v) is 10.0. The van der Waals surface area contributed by atoms with Crippen molar-refractivity contribution in [3.8, 4) is 33.9 Å². The number of halogens is 1. The van der Waals surface area contributed by atoms with Crippen molar-refractivity contribution in [1.29, 1.82) is 0 Å². The van der Waals surface area contributed by atoms with Crippen LogP contribution in [-0.4, -0.2) is 41.0 Å². The first-order valence-electron chi connectivity index (χ1n) is 12.0. The molecule has 1 amide bonds. The predicted molar refractivity (Wildman–Crippen MR) is 143 cm³/mol. The van der Waals surface area contributed by atoms with Crippen LogP contribution in [0.3, 0.4) is 0 Å². The molecule has 0 unspecified atom stereocenters. The summed E-state index contributed by atoms with van der Waals surface area (Å²) < 4.78 is 13.9. The van der Waals surface area contributed by atoms with Crippen LogP contribution in [0.1, 0.15) is 20.8 Å². The van der Waals surface area contributed by atoms with Gasteiger partial charge in [0.25, 0.3) is 0 Å². The Kier molecular flexibility index (Phi) is 5.45. The first kappa shape index (κ1) is 23.4. The van der Waals surface area contributed by atoms with Crippen LogP contribution in [0.5, 0.6) is 0 Å². The number of fused-ring (bicyclic) bond motifs is 2. The number of nitrogens with zero attached hydrogens (tertiary/aromatic N) is 5. The molecule has 38 heavy (non-hydrogen) atoms. The van der Waals surface area contributed by atoms with E-state index in [1.807, 2.05) is 39.0 Å². The molecule has 9 nitrogen and oxygen atoms in total. The minimum absolute atomic E-state index is 0.103. The highest BCUT2D eigenvalue weighted by molar-refractivity contribution is 5.98. The molecule has 0 saturated carbocycles. The number of benzene rings is 1. The van der Waals surface area contributed by atoms with Gasteiger partial charge in [-0.25, -0.2) is 9.37 Å². The number of aromatic amines is 2. The number of carbonyl (C=O) groups is 1. The van der Waals surface area contributed by atoms with E-state index in [1.165, 1.54) is 12.1 Å². The quantitative estimate of drug-likeness (QED) is 0.280. The van der Waals surface area contributed by atoms with Crippen molar-refractivity contribution in [2.75, 3.05) is 5.32 Å². The van der Waals surface area contributed by atoms with Gasteiger partial charge in [0.2, 0.25) is 5.91 Å². The monoisotopic (exact) mass is 506 g/mol. The van der Waals surface area contributed by atoms with Gasteiger partial charge >= 0.3 is 0 Å². The van der Waals surface area contributed by atoms with Gasteiger partial charge in [0.15, 0.2) is 5.82 Å². The second-order valence-electron chi connectivity index (χ2n) is 10.0. The van der Waals surface area contributed by atoms with Crippen molar-refractivity contribution in [2.45, 2.75) is 20.8 Å². The van der Waals surface area contributed by atoms with E-state index >= 15 is 0 Å². The topological polar surface area (TPSA) is 125 Å². The Morgan fingerprint density at radius 1 is 0.947 bits per heavy atom. The van der Waals surface area contributed by atoms with E-state index in [9.17, 15) is 9.18 Å². The average molecular weight is 507 g/mol. The molecule has 3 N–H and O–H groups in total. The smallest absolute Gasteiger partial charge is 0.229 e. The molecule has 0 saturated heterocycles. The van der Waals surface area contributed by atoms with Crippen LogP contribution in [0.2, 0.25) is 0 Å². The number of pyridine rings is 3. The molecule has 5 heterocycles. The lowest BCUT2D eigenvalue weighted by molar-refractivity contribution is -0.123. The lowest BCUT2D eigenvalue weighted by atomic mass is 9.95. The van der Waals surface area contributed by atoms with E-state index in [0.29, 0.717) is 45.1 Å². The maximum Gasteiger partial charge on any atom is 0.229 e. The Balaban J connectivity index is 1.40. The molecule has 0 bridgehead atoms. The fourth-order valence-electron chi connectivity index (χ4n) is 4.13. The highest BCUT2D eigenvalue weighted by atomic mass is 19.1. The summed E-state index contributed by atoms with van der Waals surface area (Å²) in [6, 6.07) is 10.1. The number of hydrogen-bond acceptors (Lipinski definition) is 6. The van der Waals surface area contributed by atoms with Gasteiger partial charge in [-0.2, -0.15) is 5.10 Å². The molecule has 188 valence electrons. The van der Waals surface area contributed by atoms with Crippen LogP contribution < -0.4 is 5.32 Å². The molecule has 6 aromatic rings. The van der Waals surface area contributed by atoms with E-state index in [4.69, 9.17) is 4.98 Å². The molecular formula is C28H23FN8O. The van der Waals surface area contributed by atoms with Crippen LogP contribution in [0, 0.1) is 11.2 Å². The van der Waals surface area contributed by atoms with E-state index in [2.05, 4.69) is 35.5 Å². The van der Waals surface area contributed by atoms with Crippen LogP contribution in [-0.2, 0) is 4.79 Å². The summed E-state index contributed by atoms with van der Waals surface area (Å²) in [4.78, 5) is 33.7. The third kappa shape index (κ3) is 4.26. The van der Waals surface area contributed by atoms with E-state index in [-0.39, 0.29) is 11.7 Å². The highest BCUT2D eigenvalue weighted by Crippen LogP contribution is 2.32. The molecule has 0 aliphatic carbocycles. The number of aromatic nitrogens is 7. The number of carbonyl (C=O) groups excluding carboxylic acids is 1. The Bertz CT molecular complexity index is 1830. The van der Waals surface area contributed by atoms with Crippen molar-refractivity contribution < 1.29 is 9.18 Å². The Morgan fingerprint density at radius 3 is 2.61 bits per heavy atom. The lowest BCUT2D eigenvalue weighted by Crippen LogP contribution is -2.27. The number of rotatable bonds is 4. The fourth-order valence-corrected chi connectivity index (χ4v) is 4.13. The van der Waals surface area contributed by atoms with Crippen molar-refractivity contribution in [3.05, 3.63) is 73.2 Å². The van der Waals surface area contributed by atoms with Crippen LogP contribution >= 0.6 is 0 Å². The van der Waals surface area contributed by atoms with Crippen LogP contribution in [0.4, 0.5) is 10.1 Å². The molecule has 6 rings (SSSR count). The number of anilines is 1. The minimum atomic E-state index is -0.532. The first-order valence-corrected chi connectivity index (χ1v) is 12.0. The SMILES string of the molecule is CC(C)(C)C(=O)Nc1cncc(-c2cc3c(-c4nc5c(-c6cccc(F)c6)cncc5[nH]4)n[nH]c3cn2)c1. The van der Waals surface area contributed by atoms with E-state index in [1.54, 1.807) is 37.1 Å². The molecule has 5 aromatic heterocycles. The Morgan fingerprint density at radius 2 is 1.79 bits per heavy atom. The molecule has 0 radical (unpaired) electrons. The van der Waals surface area contributed by atoms with Gasteiger partial charge in [-0.05, 0) is 29.8 Å². The van der Waals surface area contributed by atoms with Gasteiger partial charge in [0.1, 0.15) is 11.5 Å². The maximum absolute atomic E-state index is 13.9. The molecule has 1 aromatic carbocycles. The van der Waals surface area contributed by atoms with Gasteiger partial charge in [0, 0.05) is 34.3 Å². The van der Waals surface area contributed by atoms with Crippen molar-refractivity contribution in [3.63, 3.8) is 0 Å². The summed E-state index contributed by atoms with van der Waals surface area (Å²) in [6.07, 6.45) is 8.35. The second kappa shape index (κ2) is 8.84. The summed E-state index contributed by atoms with van der Waals surface area (Å²) in [6.45, 7) is 5.56. The summed E-state index contributed by atoms with van der Waals surface area (Å²) in [5.74, 6) is 0.109. The normalized spacial score (nSPS) is 11.8. The third-order valence-corrected chi connectivity index (χ3v) is 6.17. The number of amides is 1. The number of imidazole rings is 1. The maximum atomic E-state index is 13.9. The summed E-state index contributed by atoms with van der Waals surface area (Å²) in [7, 11) is 0. The van der Waals surface area contributed by atoms with E-state index < -0.39 is 5.41 Å². The van der Waals surface area contributed by atoms with Gasteiger partial charge in [-0.15, -0.1) is 0 Å². The minimum Gasteiger partial charge on any atom is -0.335 e. The van der Waals surface area contributed by atoms with E-state index in [0.717, 1.165) is 16.5 Å². The molecule has 10 heteroatoms. The molecule has 0 spiro atoms. The number of hydrogen-bond donors (Lipinski definition) is 3. The van der Waals surface area contributed by atoms with Crippen LogP contribution in [0.15, 0.2) is 67.4 Å². The predicted octanol–water partition coefficient (Wildman–Crippen LogP) is 5.75. The van der Waals surface area contributed by atoms with Gasteiger partial charge in [-0.3, -0.25) is 24.8 Å². The fraction of sp³-hybridized carbons (Fsp3) is 0.143.